The Morgan fingerprint density at radius 3 is 0.876 bits per heavy atom. The first-order valence-electron chi connectivity index (χ1n) is 25.8. The van der Waals surface area contributed by atoms with Crippen LogP contribution in [0.4, 0.5) is 169 Å². The molecule has 8 aromatic rings. The van der Waals surface area contributed by atoms with E-state index in [0.29, 0.717) is 19.1 Å². The Morgan fingerprint density at radius 1 is 0.305 bits per heavy atom. The molecule has 0 aliphatic carbocycles. The number of hydrogen-bond donors (Lipinski definition) is 0. The molecule has 570 valence electrons. The summed E-state index contributed by atoms with van der Waals surface area (Å²) in [5.74, 6) is -51.5. The summed E-state index contributed by atoms with van der Waals surface area (Å²) in [5.41, 5.74) is -15.5. The summed E-state index contributed by atoms with van der Waals surface area (Å²) >= 11 is 4.93. The quantitative estimate of drug-likeness (QED) is 0.0556. The van der Waals surface area contributed by atoms with Crippen LogP contribution in [0.3, 0.4) is 0 Å². The zero-order chi connectivity index (χ0) is 82.7. The number of benzene rings is 8. The lowest BCUT2D eigenvalue weighted by Crippen LogP contribution is -2.16. The standard InChI is InChI=1S/C8H3F7.C8H4F6.C8H3F4N.C8H4F3N.C7H3ClF4.C7H3F5.C7H3F4NO2.C7H4F3NO2/c1-2-4(9)6(11)3(8(13,14)15)7(12)5(2)10;1-3-5(9)2-4(8(12,13)14)7(11)6(3)10;1-3-5(9)7(11)4(2-13)8(12)6(3)10;1-4-6(9)2-5(3-12)8(11)7(4)10;1-2-4(9)6(11)3(8)7(12)5(2)10;1-2-3(8)5(10)7(12)6(11)4(2)9;1-2-3(8)5(10)7(12(13)14)6(11)4(2)9;1-3-4(8)2-5(11(12)13)7(10)6(3)9/h1H3;2H,1H3;1H3;2H,1H3;2*1H3;1H3;2H,1H3. The van der Waals surface area contributed by atoms with Gasteiger partial charge in [-0.05, 0) is 67.5 Å². The molecule has 0 aliphatic rings. The fourth-order valence-corrected chi connectivity index (χ4v) is 6.78. The Labute approximate surface area is 565 Å². The van der Waals surface area contributed by atoms with Crippen molar-refractivity contribution in [2.45, 2.75) is 67.7 Å². The first kappa shape index (κ1) is 92.3. The number of halogens is 37. The van der Waals surface area contributed by atoms with Gasteiger partial charge in [-0.1, -0.05) is 11.6 Å². The van der Waals surface area contributed by atoms with Crippen LogP contribution >= 0.6 is 11.6 Å². The molecule has 8 nitrogen and oxygen atoms in total. The third kappa shape index (κ3) is 20.8. The molecule has 0 aliphatic heterocycles. The predicted octanol–water partition coefficient (Wildman–Crippen LogP) is 22.4. The SMILES string of the molecule is Cc1c(F)c(F)c(C#N)c(F)c1F.Cc1c(F)c(F)c(C(F)(F)F)c(F)c1F.Cc1c(F)c(F)c(Cl)c(F)c1F.Cc1c(F)c(F)c(F)c(F)c1F.Cc1c(F)c(F)c([N+](=O)[O-])c(F)c1F.Cc1c(F)cc(C#N)c(F)c1F.Cc1c(F)cc(C(F)(F)F)c(F)c1F.Cc1c(F)cc([N+](=O)[O-])c(F)c1F. The van der Waals surface area contributed by atoms with Crippen LogP contribution in [0.1, 0.15) is 66.8 Å². The normalized spacial score (nSPS) is 10.7. The molecular formula is C60H27ClF36N4O4. The third-order valence-electron chi connectivity index (χ3n) is 12.6. The molecule has 0 heterocycles. The lowest BCUT2D eigenvalue weighted by Gasteiger charge is -2.11. The van der Waals surface area contributed by atoms with Crippen LogP contribution in [0.15, 0.2) is 18.2 Å². The molecule has 0 atom stereocenters. The number of rotatable bonds is 2. The fourth-order valence-electron chi connectivity index (χ4n) is 6.62. The minimum Gasteiger partial charge on any atom is -0.258 e. The van der Waals surface area contributed by atoms with Gasteiger partial charge in [0, 0.05) is 44.5 Å². The van der Waals surface area contributed by atoms with Crippen LogP contribution < -0.4 is 0 Å². The molecule has 0 unspecified atom stereocenters. The van der Waals surface area contributed by atoms with E-state index in [4.69, 9.17) is 22.1 Å². The zero-order valence-electron chi connectivity index (χ0n) is 51.6. The van der Waals surface area contributed by atoms with E-state index in [-0.39, 0.29) is 6.07 Å². The van der Waals surface area contributed by atoms with E-state index in [0.717, 1.165) is 54.5 Å². The van der Waals surface area contributed by atoms with E-state index in [1.807, 2.05) is 0 Å². The summed E-state index contributed by atoms with van der Waals surface area (Å²) in [6, 6.07) is 3.36. The topological polar surface area (TPSA) is 134 Å². The number of hydrogen-bond acceptors (Lipinski definition) is 6. The fraction of sp³-hybridized carbons (Fsp3) is 0.167. The van der Waals surface area contributed by atoms with Crippen molar-refractivity contribution in [1.29, 1.82) is 10.5 Å². The number of nitriles is 2. The second-order valence-corrected chi connectivity index (χ2v) is 19.7. The summed E-state index contributed by atoms with van der Waals surface area (Å²) < 4.78 is 450. The largest absolute Gasteiger partial charge is 0.422 e. The van der Waals surface area contributed by atoms with Crippen LogP contribution in [0.2, 0.25) is 5.02 Å². The van der Waals surface area contributed by atoms with Crippen LogP contribution in [-0.4, -0.2) is 9.85 Å². The molecule has 0 aromatic heterocycles. The average molecular weight is 1590 g/mol. The Morgan fingerprint density at radius 2 is 0.571 bits per heavy atom. The van der Waals surface area contributed by atoms with Gasteiger partial charge in [-0.2, -0.15) is 50.0 Å². The summed E-state index contributed by atoms with van der Waals surface area (Å²) in [5, 5.41) is 35.4. The van der Waals surface area contributed by atoms with Gasteiger partial charge in [0.15, 0.2) is 134 Å². The van der Waals surface area contributed by atoms with Gasteiger partial charge in [0.25, 0.3) is 0 Å². The van der Waals surface area contributed by atoms with Gasteiger partial charge in [0.1, 0.15) is 45.7 Å². The van der Waals surface area contributed by atoms with Gasteiger partial charge in [-0.15, -0.1) is 0 Å². The minimum atomic E-state index is -5.48. The van der Waals surface area contributed by atoms with Gasteiger partial charge < -0.3 is 0 Å². The summed E-state index contributed by atoms with van der Waals surface area (Å²) in [6.07, 6.45) is -10.6. The first-order valence-corrected chi connectivity index (χ1v) is 26.2. The first-order chi connectivity index (χ1) is 47.8. The molecule has 45 heteroatoms. The second kappa shape index (κ2) is 36.6. The Hall–Kier alpha value is -10.7. The molecule has 0 bridgehead atoms. The highest BCUT2D eigenvalue weighted by atomic mass is 35.5. The molecule has 8 rings (SSSR count). The maximum atomic E-state index is 12.7. The maximum absolute atomic E-state index is 12.7. The highest BCUT2D eigenvalue weighted by molar-refractivity contribution is 6.30. The number of nitrogens with zero attached hydrogens (tertiary/aromatic N) is 4. The average Bonchev–Trinajstić information content (AvgIpc) is 0.751. The van der Waals surface area contributed by atoms with E-state index in [2.05, 4.69) is 0 Å². The van der Waals surface area contributed by atoms with Crippen molar-refractivity contribution in [2.24, 2.45) is 0 Å². The van der Waals surface area contributed by atoms with Crippen molar-refractivity contribution < 1.29 is 168 Å². The molecule has 0 amide bonds. The van der Waals surface area contributed by atoms with Crippen molar-refractivity contribution >= 4 is 23.0 Å². The predicted molar refractivity (Wildman–Crippen MR) is 286 cm³/mol. The zero-order valence-corrected chi connectivity index (χ0v) is 52.4. The molecule has 0 N–H and O–H groups in total. The highest BCUT2D eigenvalue weighted by Gasteiger charge is 2.42. The second-order valence-electron chi connectivity index (χ2n) is 19.3. The molecule has 105 heavy (non-hydrogen) atoms. The smallest absolute Gasteiger partial charge is 0.258 e. The van der Waals surface area contributed by atoms with Gasteiger partial charge in [0.2, 0.25) is 23.3 Å². The molecule has 0 radical (unpaired) electrons. The minimum absolute atomic E-state index is 0.0618. The Kier molecular flexibility index (Phi) is 32.2. The molecular weight excluding hydrogens is 1560 g/mol. The maximum Gasteiger partial charge on any atom is 0.422 e. The van der Waals surface area contributed by atoms with Gasteiger partial charge in [-0.25, -0.2) is 119 Å². The third-order valence-corrected chi connectivity index (χ3v) is 13.0. The lowest BCUT2D eigenvalue weighted by molar-refractivity contribution is -0.390. The molecule has 0 saturated heterocycles. The van der Waals surface area contributed by atoms with Crippen molar-refractivity contribution in [3.05, 3.63) is 285 Å². The lowest BCUT2D eigenvalue weighted by atomic mass is 10.1. The molecule has 8 aromatic carbocycles. The monoisotopic (exact) mass is 1590 g/mol. The number of alkyl halides is 6. The van der Waals surface area contributed by atoms with E-state index in [1.54, 1.807) is 0 Å². The van der Waals surface area contributed by atoms with E-state index in [1.165, 1.54) is 6.07 Å². The van der Waals surface area contributed by atoms with Crippen molar-refractivity contribution in [2.75, 3.05) is 0 Å². The number of nitro benzene ring substituents is 2. The summed E-state index contributed by atoms with van der Waals surface area (Å²) in [4.78, 5) is 17.4. The van der Waals surface area contributed by atoms with Gasteiger partial charge in [0.05, 0.1) is 27.0 Å². The summed E-state index contributed by atoms with van der Waals surface area (Å²) in [7, 11) is 0. The van der Waals surface area contributed by atoms with E-state index in [9.17, 15) is 178 Å². The molecule has 0 saturated carbocycles. The Bertz CT molecular complexity index is 4440. The summed E-state index contributed by atoms with van der Waals surface area (Å²) in [6.45, 7) is 7.00. The van der Waals surface area contributed by atoms with E-state index < -0.39 is 280 Å². The van der Waals surface area contributed by atoms with Crippen LogP contribution in [-0.2, 0) is 12.4 Å². The molecule has 0 fully saturated rings. The van der Waals surface area contributed by atoms with Crippen molar-refractivity contribution in [1.82, 2.24) is 0 Å². The molecule has 0 spiro atoms. The van der Waals surface area contributed by atoms with Crippen LogP contribution in [0.5, 0.6) is 0 Å². The number of nitro groups is 2. The highest BCUT2D eigenvalue weighted by Crippen LogP contribution is 2.38. The van der Waals surface area contributed by atoms with Crippen LogP contribution in [0, 0.1) is 273 Å². The van der Waals surface area contributed by atoms with Gasteiger partial charge in [-0.3, -0.25) is 20.2 Å². The van der Waals surface area contributed by atoms with Crippen molar-refractivity contribution in [3.8, 4) is 12.1 Å². The van der Waals surface area contributed by atoms with Gasteiger partial charge >= 0.3 is 23.7 Å². The van der Waals surface area contributed by atoms with Crippen LogP contribution in [0.25, 0.3) is 0 Å². The van der Waals surface area contributed by atoms with E-state index >= 15 is 0 Å². The van der Waals surface area contributed by atoms with Crippen molar-refractivity contribution in [3.63, 3.8) is 0 Å². The Balaban J connectivity index is 0.000000601.